The van der Waals surface area contributed by atoms with E-state index in [1.54, 1.807) is 0 Å². The third-order valence-corrected chi connectivity index (χ3v) is 5.74. The minimum atomic E-state index is -0.585. The molecular formula is C16H26O3. The van der Waals surface area contributed by atoms with Gasteiger partial charge in [0.2, 0.25) is 0 Å². The average molecular weight is 266 g/mol. The molecule has 108 valence electrons. The first-order valence-corrected chi connectivity index (χ1v) is 8.06. The molecule has 2 saturated carbocycles. The van der Waals surface area contributed by atoms with Crippen molar-refractivity contribution in [1.82, 2.24) is 0 Å². The van der Waals surface area contributed by atoms with Gasteiger partial charge in [0.15, 0.2) is 0 Å². The highest BCUT2D eigenvalue weighted by Gasteiger charge is 2.47. The van der Waals surface area contributed by atoms with Gasteiger partial charge < -0.3 is 9.84 Å². The molecule has 0 aromatic rings. The molecule has 1 atom stereocenters. The Hall–Kier alpha value is -0.570. The van der Waals surface area contributed by atoms with Gasteiger partial charge in [0, 0.05) is 0 Å². The lowest BCUT2D eigenvalue weighted by molar-refractivity contribution is -0.152. The van der Waals surface area contributed by atoms with E-state index in [4.69, 9.17) is 4.74 Å². The predicted molar refractivity (Wildman–Crippen MR) is 73.1 cm³/mol. The van der Waals surface area contributed by atoms with Crippen molar-refractivity contribution >= 4 is 5.97 Å². The van der Waals surface area contributed by atoms with Crippen LogP contribution in [-0.4, -0.2) is 22.8 Å². The first-order valence-electron chi connectivity index (χ1n) is 8.06. The summed E-state index contributed by atoms with van der Waals surface area (Å²) in [5, 5.41) is 9.57. The number of ether oxygens (including phenoxy) is 1. The third-order valence-electron chi connectivity index (χ3n) is 5.74. The van der Waals surface area contributed by atoms with E-state index in [9.17, 15) is 9.90 Å². The van der Waals surface area contributed by atoms with Gasteiger partial charge in [-0.2, -0.15) is 0 Å². The van der Waals surface area contributed by atoms with Crippen molar-refractivity contribution in [2.24, 2.45) is 5.41 Å². The molecule has 1 heterocycles. The number of aliphatic carboxylic acids is 1. The molecule has 2 aliphatic carbocycles. The molecule has 0 aromatic heterocycles. The molecule has 1 saturated heterocycles. The van der Waals surface area contributed by atoms with Crippen LogP contribution >= 0.6 is 0 Å². The summed E-state index contributed by atoms with van der Waals surface area (Å²) in [6.45, 7) is 0. The van der Waals surface area contributed by atoms with Crippen LogP contribution in [-0.2, 0) is 9.53 Å². The Morgan fingerprint density at radius 1 is 1.00 bits per heavy atom. The zero-order valence-electron chi connectivity index (χ0n) is 11.8. The summed E-state index contributed by atoms with van der Waals surface area (Å²) in [5.41, 5.74) is -0.341. The van der Waals surface area contributed by atoms with Gasteiger partial charge in [0.1, 0.15) is 0 Å². The molecule has 3 heteroatoms. The average Bonchev–Trinajstić information content (AvgIpc) is 3.00. The zero-order valence-corrected chi connectivity index (χ0v) is 11.8. The van der Waals surface area contributed by atoms with Crippen molar-refractivity contribution in [3.05, 3.63) is 0 Å². The summed E-state index contributed by atoms with van der Waals surface area (Å²) in [5.74, 6) is -0.585. The Kier molecular flexibility index (Phi) is 3.59. The smallest absolute Gasteiger partial charge is 0.309 e. The zero-order chi connectivity index (χ0) is 13.3. The maximum atomic E-state index is 11.6. The molecule has 19 heavy (non-hydrogen) atoms. The van der Waals surface area contributed by atoms with Crippen LogP contribution in [0.2, 0.25) is 0 Å². The van der Waals surface area contributed by atoms with E-state index in [-0.39, 0.29) is 11.7 Å². The third kappa shape index (κ3) is 2.54. The van der Waals surface area contributed by atoms with Gasteiger partial charge >= 0.3 is 5.97 Å². The first kappa shape index (κ1) is 13.4. The highest BCUT2D eigenvalue weighted by Crippen LogP contribution is 2.48. The minimum absolute atomic E-state index is 0.126. The number of rotatable bonds is 3. The summed E-state index contributed by atoms with van der Waals surface area (Å²) < 4.78 is 6.36. The molecule has 3 aliphatic rings. The Morgan fingerprint density at radius 2 is 1.63 bits per heavy atom. The Morgan fingerprint density at radius 3 is 2.26 bits per heavy atom. The lowest BCUT2D eigenvalue weighted by Crippen LogP contribution is -2.35. The lowest BCUT2D eigenvalue weighted by atomic mass is 9.79. The van der Waals surface area contributed by atoms with Crippen LogP contribution < -0.4 is 0 Å². The van der Waals surface area contributed by atoms with Crippen LogP contribution in [0.3, 0.4) is 0 Å². The fourth-order valence-electron chi connectivity index (χ4n) is 4.60. The van der Waals surface area contributed by atoms with Crippen LogP contribution in [0.5, 0.6) is 0 Å². The Balaban J connectivity index is 1.63. The fourth-order valence-corrected chi connectivity index (χ4v) is 4.60. The maximum absolute atomic E-state index is 11.6. The van der Waals surface area contributed by atoms with Crippen molar-refractivity contribution in [2.45, 2.75) is 88.8 Å². The standard InChI is InChI=1S/C16H26O3/c17-14(18)15(7-4-5-8-15)12-13-6-11-16(19-13)9-2-1-3-10-16/h13H,1-12H2,(H,17,18). The number of carboxylic acid groups (broad SMARTS) is 1. The van der Waals surface area contributed by atoms with Crippen molar-refractivity contribution in [2.75, 3.05) is 0 Å². The van der Waals surface area contributed by atoms with Crippen LogP contribution in [0.15, 0.2) is 0 Å². The van der Waals surface area contributed by atoms with E-state index in [0.29, 0.717) is 0 Å². The van der Waals surface area contributed by atoms with Gasteiger partial charge in [-0.1, -0.05) is 32.1 Å². The Bertz CT molecular complexity index is 338. The van der Waals surface area contributed by atoms with Gasteiger partial charge in [-0.05, 0) is 44.9 Å². The second-order valence-corrected chi connectivity index (χ2v) is 7.02. The number of carbonyl (C=O) groups is 1. The molecule has 0 aromatic carbocycles. The summed E-state index contributed by atoms with van der Waals surface area (Å²) in [6, 6.07) is 0. The molecule has 3 nitrogen and oxygen atoms in total. The van der Waals surface area contributed by atoms with Crippen molar-refractivity contribution in [3.63, 3.8) is 0 Å². The number of carboxylic acids is 1. The van der Waals surface area contributed by atoms with Gasteiger partial charge in [0.25, 0.3) is 0 Å². The SMILES string of the molecule is O=C(O)C1(CC2CCC3(CCCCC3)O2)CCCC1. The highest BCUT2D eigenvalue weighted by molar-refractivity contribution is 5.75. The molecule has 0 bridgehead atoms. The first-order chi connectivity index (χ1) is 9.14. The van der Waals surface area contributed by atoms with E-state index in [1.165, 1.54) is 32.1 Å². The predicted octanol–water partition coefficient (Wildman–Crippen LogP) is 3.90. The quantitative estimate of drug-likeness (QED) is 0.842. The molecule has 3 rings (SSSR count). The monoisotopic (exact) mass is 266 g/mol. The largest absolute Gasteiger partial charge is 0.481 e. The molecule has 1 aliphatic heterocycles. The second kappa shape index (κ2) is 5.08. The maximum Gasteiger partial charge on any atom is 0.309 e. The fraction of sp³-hybridized carbons (Fsp3) is 0.938. The van der Waals surface area contributed by atoms with Crippen LogP contribution in [0, 0.1) is 5.41 Å². The van der Waals surface area contributed by atoms with Crippen molar-refractivity contribution < 1.29 is 14.6 Å². The second-order valence-electron chi connectivity index (χ2n) is 7.02. The molecular weight excluding hydrogens is 240 g/mol. The van der Waals surface area contributed by atoms with E-state index in [0.717, 1.165) is 44.9 Å². The normalized spacial score (nSPS) is 32.7. The molecule has 1 unspecified atom stereocenters. The van der Waals surface area contributed by atoms with Crippen LogP contribution in [0.25, 0.3) is 0 Å². The van der Waals surface area contributed by atoms with E-state index < -0.39 is 11.4 Å². The van der Waals surface area contributed by atoms with Gasteiger partial charge in [-0.25, -0.2) is 0 Å². The van der Waals surface area contributed by atoms with Crippen LogP contribution in [0.1, 0.15) is 77.0 Å². The van der Waals surface area contributed by atoms with E-state index in [1.807, 2.05) is 0 Å². The molecule has 0 amide bonds. The molecule has 3 fully saturated rings. The van der Waals surface area contributed by atoms with Crippen LogP contribution in [0.4, 0.5) is 0 Å². The summed E-state index contributed by atoms with van der Waals surface area (Å²) in [6.07, 6.45) is 13.4. The Labute approximate surface area is 115 Å². The lowest BCUT2D eigenvalue weighted by Gasteiger charge is -2.34. The highest BCUT2D eigenvalue weighted by atomic mass is 16.5. The summed E-state index contributed by atoms with van der Waals surface area (Å²) >= 11 is 0. The summed E-state index contributed by atoms with van der Waals surface area (Å²) in [4.78, 5) is 11.6. The molecule has 1 spiro atoms. The van der Waals surface area contributed by atoms with Gasteiger partial charge in [-0.15, -0.1) is 0 Å². The van der Waals surface area contributed by atoms with E-state index >= 15 is 0 Å². The number of hydrogen-bond donors (Lipinski definition) is 1. The summed E-state index contributed by atoms with van der Waals surface area (Å²) in [7, 11) is 0. The number of hydrogen-bond acceptors (Lipinski definition) is 2. The van der Waals surface area contributed by atoms with Gasteiger partial charge in [0.05, 0.1) is 17.1 Å². The van der Waals surface area contributed by atoms with Crippen molar-refractivity contribution in [1.29, 1.82) is 0 Å². The minimum Gasteiger partial charge on any atom is -0.481 e. The topological polar surface area (TPSA) is 46.5 Å². The van der Waals surface area contributed by atoms with Crippen molar-refractivity contribution in [3.8, 4) is 0 Å². The molecule has 1 N–H and O–H groups in total. The molecule has 0 radical (unpaired) electrons. The van der Waals surface area contributed by atoms with Gasteiger partial charge in [-0.3, -0.25) is 4.79 Å². The van der Waals surface area contributed by atoms with E-state index in [2.05, 4.69) is 0 Å².